The highest BCUT2D eigenvalue weighted by Gasteiger charge is 2.38. The first kappa shape index (κ1) is 22.4. The van der Waals surface area contributed by atoms with E-state index in [2.05, 4.69) is 37.8 Å². The highest BCUT2D eigenvalue weighted by molar-refractivity contribution is 5.46. The van der Waals surface area contributed by atoms with Crippen molar-refractivity contribution in [2.24, 2.45) is 5.92 Å². The summed E-state index contributed by atoms with van der Waals surface area (Å²) in [4.78, 5) is 14.4. The van der Waals surface area contributed by atoms with Gasteiger partial charge in [0, 0.05) is 56.4 Å². The van der Waals surface area contributed by atoms with Gasteiger partial charge in [-0.05, 0) is 50.3 Å². The molecule has 3 aliphatic heterocycles. The van der Waals surface area contributed by atoms with Gasteiger partial charge in [0.25, 0.3) is 0 Å². The summed E-state index contributed by atoms with van der Waals surface area (Å²) in [6.07, 6.45) is 6.83. The minimum absolute atomic E-state index is 0.352. The molecule has 3 saturated heterocycles. The molecule has 2 aromatic rings. The standard InChI is InChI=1S/C25H36N6O2/c1-32-22-9-5-7-19(24(22)33-2)17-30-12-6-8-18(16-30)23-20(15-27-29-23)21-10-11-26-25(28-21)31-13-3-4-14-31/h5,7,9-11,18,20,23,27,29H,3-4,6,8,12-17H2,1-2H3. The van der Waals surface area contributed by atoms with E-state index >= 15 is 0 Å². The van der Waals surface area contributed by atoms with Crippen molar-refractivity contribution in [2.45, 2.75) is 44.2 Å². The predicted molar refractivity (Wildman–Crippen MR) is 129 cm³/mol. The Morgan fingerprint density at radius 1 is 1.06 bits per heavy atom. The summed E-state index contributed by atoms with van der Waals surface area (Å²) in [5, 5.41) is 0. The van der Waals surface area contributed by atoms with Crippen LogP contribution >= 0.6 is 0 Å². The molecule has 0 spiro atoms. The van der Waals surface area contributed by atoms with Crippen molar-refractivity contribution in [3.8, 4) is 11.5 Å². The fraction of sp³-hybridized carbons (Fsp3) is 0.600. The summed E-state index contributed by atoms with van der Waals surface area (Å²) in [6.45, 7) is 6.07. The van der Waals surface area contributed by atoms with Crippen LogP contribution in [0.2, 0.25) is 0 Å². The summed E-state index contributed by atoms with van der Waals surface area (Å²) < 4.78 is 11.2. The molecule has 1 aromatic heterocycles. The Morgan fingerprint density at radius 3 is 2.76 bits per heavy atom. The average Bonchev–Trinajstić information content (AvgIpc) is 3.57. The molecule has 0 saturated carbocycles. The van der Waals surface area contributed by atoms with Crippen LogP contribution in [-0.4, -0.2) is 67.9 Å². The molecule has 0 radical (unpaired) electrons. The number of nitrogens with zero attached hydrogens (tertiary/aromatic N) is 4. The van der Waals surface area contributed by atoms with E-state index in [9.17, 15) is 0 Å². The average molecular weight is 453 g/mol. The number of rotatable bonds is 7. The second-order valence-corrected chi connectivity index (χ2v) is 9.42. The molecule has 5 rings (SSSR count). The lowest BCUT2D eigenvalue weighted by molar-refractivity contribution is 0.138. The molecule has 3 atom stereocenters. The normalized spacial score (nSPS) is 26.0. The molecule has 0 amide bonds. The third-order valence-corrected chi connectivity index (χ3v) is 7.39. The van der Waals surface area contributed by atoms with Gasteiger partial charge in [0.2, 0.25) is 5.95 Å². The van der Waals surface area contributed by atoms with Gasteiger partial charge in [-0.25, -0.2) is 9.97 Å². The minimum Gasteiger partial charge on any atom is -0.493 e. The molecule has 8 nitrogen and oxygen atoms in total. The molecule has 3 fully saturated rings. The van der Waals surface area contributed by atoms with Crippen LogP contribution in [0.4, 0.5) is 5.95 Å². The maximum atomic E-state index is 5.67. The Labute approximate surface area is 196 Å². The van der Waals surface area contributed by atoms with Crippen LogP contribution in [0.3, 0.4) is 0 Å². The van der Waals surface area contributed by atoms with Crippen molar-refractivity contribution >= 4 is 5.95 Å². The number of methoxy groups -OCH3 is 2. The molecule has 3 unspecified atom stereocenters. The number of piperidine rings is 1. The van der Waals surface area contributed by atoms with Gasteiger partial charge in [0.15, 0.2) is 11.5 Å². The van der Waals surface area contributed by atoms with E-state index in [1.807, 2.05) is 18.3 Å². The van der Waals surface area contributed by atoms with Crippen molar-refractivity contribution < 1.29 is 9.47 Å². The second-order valence-electron chi connectivity index (χ2n) is 9.42. The zero-order valence-electron chi connectivity index (χ0n) is 19.8. The Kier molecular flexibility index (Phi) is 6.94. The first-order valence-electron chi connectivity index (χ1n) is 12.3. The number of anilines is 1. The largest absolute Gasteiger partial charge is 0.493 e. The number of likely N-dealkylation sites (tertiary alicyclic amines) is 1. The SMILES string of the molecule is COc1cccc(CN2CCCC(C3NNCC3c3ccnc(N4CCCC4)n3)C2)c1OC. The molecular formula is C25H36N6O2. The third-order valence-electron chi connectivity index (χ3n) is 7.39. The Morgan fingerprint density at radius 2 is 1.94 bits per heavy atom. The molecule has 0 bridgehead atoms. The van der Waals surface area contributed by atoms with E-state index in [0.717, 1.165) is 62.4 Å². The van der Waals surface area contributed by atoms with Crippen LogP contribution < -0.4 is 25.2 Å². The number of nitrogens with one attached hydrogen (secondary N) is 2. The summed E-state index contributed by atoms with van der Waals surface area (Å²) in [7, 11) is 3.41. The molecule has 0 aliphatic carbocycles. The van der Waals surface area contributed by atoms with Crippen LogP contribution in [-0.2, 0) is 6.54 Å². The summed E-state index contributed by atoms with van der Waals surface area (Å²) in [5.74, 6) is 3.44. The highest BCUT2D eigenvalue weighted by atomic mass is 16.5. The van der Waals surface area contributed by atoms with Gasteiger partial charge < -0.3 is 14.4 Å². The Balaban J connectivity index is 1.29. The first-order valence-corrected chi connectivity index (χ1v) is 12.3. The summed E-state index contributed by atoms with van der Waals surface area (Å²) in [6, 6.07) is 8.61. The van der Waals surface area contributed by atoms with Crippen molar-refractivity contribution in [1.82, 2.24) is 25.7 Å². The van der Waals surface area contributed by atoms with Gasteiger partial charge >= 0.3 is 0 Å². The number of aromatic nitrogens is 2. The van der Waals surface area contributed by atoms with Crippen molar-refractivity contribution in [2.75, 3.05) is 51.8 Å². The minimum atomic E-state index is 0.352. The summed E-state index contributed by atoms with van der Waals surface area (Å²) >= 11 is 0. The van der Waals surface area contributed by atoms with Gasteiger partial charge in [-0.2, -0.15) is 0 Å². The van der Waals surface area contributed by atoms with Crippen molar-refractivity contribution in [3.63, 3.8) is 0 Å². The topological polar surface area (TPSA) is 74.8 Å². The number of para-hydroxylation sites is 1. The van der Waals surface area contributed by atoms with Crippen LogP contribution in [0.1, 0.15) is 42.9 Å². The highest BCUT2D eigenvalue weighted by Crippen LogP contribution is 2.35. The van der Waals surface area contributed by atoms with E-state index in [0.29, 0.717) is 17.9 Å². The maximum Gasteiger partial charge on any atom is 0.225 e. The quantitative estimate of drug-likeness (QED) is 0.664. The van der Waals surface area contributed by atoms with Gasteiger partial charge in [0.1, 0.15) is 0 Å². The fourth-order valence-corrected chi connectivity index (χ4v) is 5.73. The number of ether oxygens (including phenoxy) is 2. The van der Waals surface area contributed by atoms with Gasteiger partial charge in [0.05, 0.1) is 19.9 Å². The van der Waals surface area contributed by atoms with E-state index < -0.39 is 0 Å². The first-order chi connectivity index (χ1) is 16.3. The predicted octanol–water partition coefficient (Wildman–Crippen LogP) is 2.57. The lowest BCUT2D eigenvalue weighted by Crippen LogP contribution is -2.46. The summed E-state index contributed by atoms with van der Waals surface area (Å²) in [5.41, 5.74) is 9.35. The lowest BCUT2D eigenvalue weighted by atomic mass is 9.82. The zero-order chi connectivity index (χ0) is 22.6. The monoisotopic (exact) mass is 452 g/mol. The molecule has 8 heteroatoms. The molecule has 2 N–H and O–H groups in total. The zero-order valence-corrected chi connectivity index (χ0v) is 19.8. The smallest absolute Gasteiger partial charge is 0.225 e. The molecule has 3 aliphatic rings. The lowest BCUT2D eigenvalue weighted by Gasteiger charge is -2.37. The van der Waals surface area contributed by atoms with Crippen LogP contribution in [0, 0.1) is 5.92 Å². The third kappa shape index (κ3) is 4.78. The van der Waals surface area contributed by atoms with Crippen molar-refractivity contribution in [1.29, 1.82) is 0 Å². The van der Waals surface area contributed by atoms with Crippen molar-refractivity contribution in [3.05, 3.63) is 41.7 Å². The van der Waals surface area contributed by atoms with Gasteiger partial charge in [-0.3, -0.25) is 15.8 Å². The molecule has 33 heavy (non-hydrogen) atoms. The van der Waals surface area contributed by atoms with E-state index in [1.165, 1.54) is 31.2 Å². The van der Waals surface area contributed by atoms with Gasteiger partial charge in [-0.15, -0.1) is 0 Å². The maximum absolute atomic E-state index is 5.67. The van der Waals surface area contributed by atoms with Crippen LogP contribution in [0.15, 0.2) is 30.5 Å². The van der Waals surface area contributed by atoms with E-state index in [-0.39, 0.29) is 0 Å². The molecular weight excluding hydrogens is 416 g/mol. The van der Waals surface area contributed by atoms with E-state index in [4.69, 9.17) is 14.5 Å². The Bertz CT molecular complexity index is 935. The molecule has 1 aromatic carbocycles. The Hall–Kier alpha value is -2.42. The second kappa shape index (κ2) is 10.2. The number of benzene rings is 1. The van der Waals surface area contributed by atoms with Gasteiger partial charge in [-0.1, -0.05) is 12.1 Å². The van der Waals surface area contributed by atoms with E-state index in [1.54, 1.807) is 14.2 Å². The molecule has 178 valence electrons. The van der Waals surface area contributed by atoms with Crippen LogP contribution in [0.5, 0.6) is 11.5 Å². The van der Waals surface area contributed by atoms with Crippen LogP contribution in [0.25, 0.3) is 0 Å². The number of hydrazine groups is 1. The number of hydrogen-bond acceptors (Lipinski definition) is 8. The fourth-order valence-electron chi connectivity index (χ4n) is 5.73. The number of hydrogen-bond donors (Lipinski definition) is 2. The molecule has 4 heterocycles.